The van der Waals surface area contributed by atoms with Gasteiger partial charge in [-0.25, -0.2) is 12.8 Å². The van der Waals surface area contributed by atoms with Crippen molar-refractivity contribution in [1.29, 1.82) is 0 Å². The summed E-state index contributed by atoms with van der Waals surface area (Å²) in [6.45, 7) is 0.601. The summed E-state index contributed by atoms with van der Waals surface area (Å²) >= 11 is 3.15. The fourth-order valence-electron chi connectivity index (χ4n) is 2.90. The second-order valence-electron chi connectivity index (χ2n) is 6.42. The molecule has 1 aliphatic rings. The minimum atomic E-state index is -3.64. The van der Waals surface area contributed by atoms with Crippen LogP contribution in [0.25, 0.3) is 0 Å². The first kappa shape index (κ1) is 20.9. The van der Waals surface area contributed by atoms with Gasteiger partial charge >= 0.3 is 0 Å². The van der Waals surface area contributed by atoms with E-state index in [1.807, 2.05) is 0 Å². The number of allylic oxidation sites excluding steroid dienone is 1. The molecule has 0 unspecified atom stereocenters. The zero-order chi connectivity index (χ0) is 19.2. The van der Waals surface area contributed by atoms with Gasteiger partial charge in [0.1, 0.15) is 5.82 Å². The van der Waals surface area contributed by atoms with E-state index < -0.39 is 15.8 Å². The van der Waals surface area contributed by atoms with Crippen LogP contribution >= 0.6 is 15.9 Å². The molecular formula is C18H24BrFN2O3S. The molecule has 1 N–H and O–H groups in total. The Hall–Kier alpha value is -1.41. The molecule has 0 radical (unpaired) electrons. The molecule has 2 rings (SSSR count). The molecule has 0 saturated carbocycles. The topological polar surface area (TPSA) is 66.5 Å². The van der Waals surface area contributed by atoms with Crippen LogP contribution in [0.15, 0.2) is 34.3 Å². The second-order valence-corrected chi connectivity index (χ2v) is 9.24. The van der Waals surface area contributed by atoms with Crippen LogP contribution < -0.4 is 9.62 Å². The van der Waals surface area contributed by atoms with Crippen molar-refractivity contribution in [2.75, 3.05) is 23.7 Å². The number of benzene rings is 1. The Kier molecular flexibility index (Phi) is 7.64. The van der Waals surface area contributed by atoms with Gasteiger partial charge < -0.3 is 5.32 Å². The molecular weight excluding hydrogens is 423 g/mol. The highest BCUT2D eigenvalue weighted by molar-refractivity contribution is 9.10. The fraction of sp³-hybridized carbons (Fsp3) is 0.500. The van der Waals surface area contributed by atoms with Crippen molar-refractivity contribution in [1.82, 2.24) is 5.32 Å². The minimum Gasteiger partial charge on any atom is -0.352 e. The quantitative estimate of drug-likeness (QED) is 0.618. The standard InChI is InChI=1S/C18H24BrFN2O3S/c1-26(24,25)22(17-10-9-15(19)12-16(17)20)11-5-8-18(23)21-13-14-6-3-2-4-7-14/h6,9-10,12H,2-5,7-8,11,13H2,1H3,(H,21,23). The summed E-state index contributed by atoms with van der Waals surface area (Å²) in [4.78, 5) is 12.0. The molecule has 0 spiro atoms. The Morgan fingerprint density at radius 1 is 1.35 bits per heavy atom. The maximum absolute atomic E-state index is 14.1. The number of carbonyl (C=O) groups is 1. The van der Waals surface area contributed by atoms with Crippen LogP contribution in [0, 0.1) is 5.82 Å². The number of anilines is 1. The van der Waals surface area contributed by atoms with Crippen LogP contribution in [0.5, 0.6) is 0 Å². The molecule has 1 aliphatic carbocycles. The van der Waals surface area contributed by atoms with Crippen LogP contribution in [0.3, 0.4) is 0 Å². The Labute approximate surface area is 162 Å². The zero-order valence-electron chi connectivity index (χ0n) is 14.8. The molecule has 0 saturated heterocycles. The average Bonchev–Trinajstić information content (AvgIpc) is 2.58. The first-order valence-corrected chi connectivity index (χ1v) is 11.3. The van der Waals surface area contributed by atoms with E-state index in [1.165, 1.54) is 24.1 Å². The van der Waals surface area contributed by atoms with Crippen LogP contribution in [0.2, 0.25) is 0 Å². The average molecular weight is 447 g/mol. The van der Waals surface area contributed by atoms with Crippen molar-refractivity contribution in [2.45, 2.75) is 38.5 Å². The van der Waals surface area contributed by atoms with Gasteiger partial charge in [0, 0.05) is 24.0 Å². The highest BCUT2D eigenvalue weighted by atomic mass is 79.9. The number of sulfonamides is 1. The van der Waals surface area contributed by atoms with Crippen molar-refractivity contribution in [3.8, 4) is 0 Å². The third kappa shape index (κ3) is 6.39. The Morgan fingerprint density at radius 2 is 2.12 bits per heavy atom. The summed E-state index contributed by atoms with van der Waals surface area (Å²) < 4.78 is 39.7. The molecule has 0 aromatic heterocycles. The summed E-state index contributed by atoms with van der Waals surface area (Å²) in [5, 5.41) is 2.87. The van der Waals surface area contributed by atoms with E-state index in [0.717, 1.165) is 29.8 Å². The van der Waals surface area contributed by atoms with Gasteiger partial charge in [0.15, 0.2) is 0 Å². The molecule has 26 heavy (non-hydrogen) atoms. The second kappa shape index (κ2) is 9.50. The summed E-state index contributed by atoms with van der Waals surface area (Å²) in [7, 11) is -3.64. The minimum absolute atomic E-state index is 0.0107. The number of nitrogens with zero attached hydrogens (tertiary/aromatic N) is 1. The molecule has 5 nitrogen and oxygen atoms in total. The van der Waals surface area contributed by atoms with E-state index in [-0.39, 0.29) is 24.6 Å². The molecule has 0 bridgehead atoms. The first-order valence-electron chi connectivity index (χ1n) is 8.65. The molecule has 144 valence electrons. The molecule has 1 aromatic carbocycles. The van der Waals surface area contributed by atoms with Crippen LogP contribution in [-0.4, -0.2) is 33.7 Å². The van der Waals surface area contributed by atoms with Gasteiger partial charge in [0.05, 0.1) is 11.9 Å². The van der Waals surface area contributed by atoms with Gasteiger partial charge in [-0.3, -0.25) is 9.10 Å². The first-order chi connectivity index (χ1) is 12.3. The van der Waals surface area contributed by atoms with Crippen molar-refractivity contribution >= 4 is 37.5 Å². The van der Waals surface area contributed by atoms with Crippen molar-refractivity contribution < 1.29 is 17.6 Å². The summed E-state index contributed by atoms with van der Waals surface area (Å²) in [6, 6.07) is 4.22. The van der Waals surface area contributed by atoms with Gasteiger partial charge in [-0.1, -0.05) is 27.6 Å². The molecule has 0 aliphatic heterocycles. The van der Waals surface area contributed by atoms with E-state index in [0.29, 0.717) is 17.4 Å². The normalized spacial score (nSPS) is 14.7. The highest BCUT2D eigenvalue weighted by Crippen LogP contribution is 2.25. The number of halogens is 2. The van der Waals surface area contributed by atoms with Gasteiger partial charge in [0.2, 0.25) is 15.9 Å². The van der Waals surface area contributed by atoms with E-state index >= 15 is 0 Å². The van der Waals surface area contributed by atoms with Crippen LogP contribution in [-0.2, 0) is 14.8 Å². The van der Waals surface area contributed by atoms with Crippen LogP contribution in [0.1, 0.15) is 38.5 Å². The van der Waals surface area contributed by atoms with E-state index in [2.05, 4.69) is 27.3 Å². The van der Waals surface area contributed by atoms with Gasteiger partial charge in [-0.15, -0.1) is 0 Å². The number of rotatable bonds is 8. The molecule has 0 atom stereocenters. The number of nitrogens with one attached hydrogen (secondary N) is 1. The Balaban J connectivity index is 1.89. The lowest BCUT2D eigenvalue weighted by Gasteiger charge is -2.23. The molecule has 8 heteroatoms. The Morgan fingerprint density at radius 3 is 2.73 bits per heavy atom. The van der Waals surface area contributed by atoms with Gasteiger partial charge in [-0.05, 0) is 50.3 Å². The monoisotopic (exact) mass is 446 g/mol. The third-order valence-electron chi connectivity index (χ3n) is 4.24. The Bertz CT molecular complexity index is 781. The number of amides is 1. The lowest BCUT2D eigenvalue weighted by Crippen LogP contribution is -2.33. The highest BCUT2D eigenvalue weighted by Gasteiger charge is 2.21. The van der Waals surface area contributed by atoms with Gasteiger partial charge in [0.25, 0.3) is 0 Å². The summed E-state index contributed by atoms with van der Waals surface area (Å²) in [5.74, 6) is -0.750. The number of hydrogen-bond acceptors (Lipinski definition) is 3. The van der Waals surface area contributed by atoms with E-state index in [1.54, 1.807) is 6.07 Å². The summed E-state index contributed by atoms with van der Waals surface area (Å²) in [6.07, 6.45) is 8.15. The third-order valence-corrected chi connectivity index (χ3v) is 5.91. The van der Waals surface area contributed by atoms with Crippen molar-refractivity contribution in [3.63, 3.8) is 0 Å². The van der Waals surface area contributed by atoms with E-state index in [4.69, 9.17) is 0 Å². The predicted octanol–water partition coefficient (Wildman–Crippen LogP) is 3.75. The van der Waals surface area contributed by atoms with Crippen LogP contribution in [0.4, 0.5) is 10.1 Å². The molecule has 1 amide bonds. The maximum Gasteiger partial charge on any atom is 0.232 e. The largest absolute Gasteiger partial charge is 0.352 e. The molecule has 1 aromatic rings. The molecule has 0 fully saturated rings. The SMILES string of the molecule is CS(=O)(=O)N(CCCC(=O)NCC1=CCCCC1)c1ccc(Br)cc1F. The smallest absolute Gasteiger partial charge is 0.232 e. The lowest BCUT2D eigenvalue weighted by molar-refractivity contribution is -0.120. The van der Waals surface area contributed by atoms with Gasteiger partial charge in [-0.2, -0.15) is 0 Å². The number of carbonyl (C=O) groups excluding carboxylic acids is 1. The van der Waals surface area contributed by atoms with Crippen molar-refractivity contribution in [3.05, 3.63) is 40.1 Å². The maximum atomic E-state index is 14.1. The van der Waals surface area contributed by atoms with Crippen molar-refractivity contribution in [2.24, 2.45) is 0 Å². The predicted molar refractivity (Wildman–Crippen MR) is 105 cm³/mol. The lowest BCUT2D eigenvalue weighted by atomic mass is 10.00. The van der Waals surface area contributed by atoms with E-state index in [9.17, 15) is 17.6 Å². The zero-order valence-corrected chi connectivity index (χ0v) is 17.2. The molecule has 0 heterocycles. The number of hydrogen-bond donors (Lipinski definition) is 1. The summed E-state index contributed by atoms with van der Waals surface area (Å²) in [5.41, 5.74) is 1.24. The fourth-order valence-corrected chi connectivity index (χ4v) is 4.20.